The van der Waals surface area contributed by atoms with E-state index in [1.165, 1.54) is 16.7 Å². The molecule has 0 fully saturated rings. The van der Waals surface area contributed by atoms with Gasteiger partial charge in [-0.05, 0) is 44.4 Å². The Labute approximate surface area is 103 Å². The Morgan fingerprint density at radius 1 is 1.29 bits per heavy atom. The summed E-state index contributed by atoms with van der Waals surface area (Å²) in [4.78, 5) is 10.3. The smallest absolute Gasteiger partial charge is 0.303 e. The van der Waals surface area contributed by atoms with Crippen LogP contribution in [-0.2, 0) is 11.3 Å². The molecule has 17 heavy (non-hydrogen) atoms. The van der Waals surface area contributed by atoms with Crippen molar-refractivity contribution in [2.45, 2.75) is 39.7 Å². The van der Waals surface area contributed by atoms with Crippen LogP contribution in [-0.4, -0.2) is 17.6 Å². The third-order valence-electron chi connectivity index (χ3n) is 2.81. The first-order valence-electron chi connectivity index (χ1n) is 6.08. The highest BCUT2D eigenvalue weighted by molar-refractivity contribution is 5.66. The van der Waals surface area contributed by atoms with Gasteiger partial charge in [-0.3, -0.25) is 4.79 Å². The summed E-state index contributed by atoms with van der Waals surface area (Å²) in [6, 6.07) is 6.45. The van der Waals surface area contributed by atoms with Crippen molar-refractivity contribution in [1.82, 2.24) is 5.32 Å². The van der Waals surface area contributed by atoms with E-state index in [2.05, 4.69) is 37.4 Å². The highest BCUT2D eigenvalue weighted by atomic mass is 16.4. The van der Waals surface area contributed by atoms with Crippen molar-refractivity contribution in [3.8, 4) is 0 Å². The van der Waals surface area contributed by atoms with Gasteiger partial charge in [0.25, 0.3) is 0 Å². The SMILES string of the molecule is Cc1ccc(C)c(CNCCCCC(=O)O)c1. The van der Waals surface area contributed by atoms with Crippen LogP contribution in [0, 0.1) is 13.8 Å². The van der Waals surface area contributed by atoms with E-state index in [9.17, 15) is 4.79 Å². The molecular weight excluding hydrogens is 214 g/mol. The van der Waals surface area contributed by atoms with Crippen LogP contribution in [0.1, 0.15) is 36.0 Å². The highest BCUT2D eigenvalue weighted by Gasteiger charge is 1.99. The molecule has 0 spiro atoms. The Kier molecular flexibility index (Phi) is 5.70. The fourth-order valence-corrected chi connectivity index (χ4v) is 1.74. The molecule has 0 aliphatic carbocycles. The maximum Gasteiger partial charge on any atom is 0.303 e. The zero-order valence-corrected chi connectivity index (χ0v) is 10.6. The average molecular weight is 235 g/mol. The molecule has 0 heterocycles. The molecule has 0 amide bonds. The molecule has 0 atom stereocenters. The summed E-state index contributed by atoms with van der Waals surface area (Å²) >= 11 is 0. The minimum absolute atomic E-state index is 0.269. The van der Waals surface area contributed by atoms with Gasteiger partial charge in [0.15, 0.2) is 0 Å². The van der Waals surface area contributed by atoms with Gasteiger partial charge >= 0.3 is 5.97 Å². The van der Waals surface area contributed by atoms with Crippen LogP contribution in [0.5, 0.6) is 0 Å². The number of carboxylic acid groups (broad SMARTS) is 1. The highest BCUT2D eigenvalue weighted by Crippen LogP contribution is 2.10. The van der Waals surface area contributed by atoms with Crippen molar-refractivity contribution in [2.24, 2.45) is 0 Å². The first-order chi connectivity index (χ1) is 8.09. The topological polar surface area (TPSA) is 49.3 Å². The number of unbranched alkanes of at least 4 members (excludes halogenated alkanes) is 1. The zero-order valence-electron chi connectivity index (χ0n) is 10.6. The van der Waals surface area contributed by atoms with E-state index in [1.54, 1.807) is 0 Å². The summed E-state index contributed by atoms with van der Waals surface area (Å²) in [6.45, 7) is 5.94. The van der Waals surface area contributed by atoms with Gasteiger partial charge in [-0.25, -0.2) is 0 Å². The molecule has 3 heteroatoms. The molecule has 0 aromatic heterocycles. The molecule has 94 valence electrons. The molecule has 0 saturated carbocycles. The van der Waals surface area contributed by atoms with E-state index in [-0.39, 0.29) is 6.42 Å². The van der Waals surface area contributed by atoms with Gasteiger partial charge in [0.05, 0.1) is 0 Å². The molecule has 1 aromatic carbocycles. The molecule has 0 unspecified atom stereocenters. The molecule has 2 N–H and O–H groups in total. The van der Waals surface area contributed by atoms with Gasteiger partial charge in [-0.15, -0.1) is 0 Å². The summed E-state index contributed by atoms with van der Waals surface area (Å²) in [5, 5.41) is 11.8. The standard InChI is InChI=1S/C14H21NO2/c1-11-6-7-12(2)13(9-11)10-15-8-4-3-5-14(16)17/h6-7,9,15H,3-5,8,10H2,1-2H3,(H,16,17). The van der Waals surface area contributed by atoms with Crippen LogP contribution < -0.4 is 5.32 Å². The third kappa shape index (κ3) is 5.50. The quantitative estimate of drug-likeness (QED) is 0.714. The van der Waals surface area contributed by atoms with E-state index in [0.29, 0.717) is 0 Å². The van der Waals surface area contributed by atoms with Gasteiger partial charge in [0, 0.05) is 13.0 Å². The monoisotopic (exact) mass is 235 g/mol. The van der Waals surface area contributed by atoms with E-state index >= 15 is 0 Å². The second-order valence-electron chi connectivity index (χ2n) is 4.46. The van der Waals surface area contributed by atoms with Crippen LogP contribution in [0.3, 0.4) is 0 Å². The normalized spacial score (nSPS) is 10.5. The number of hydrogen-bond acceptors (Lipinski definition) is 2. The summed E-state index contributed by atoms with van der Waals surface area (Å²) < 4.78 is 0. The maximum absolute atomic E-state index is 10.3. The second kappa shape index (κ2) is 7.07. The van der Waals surface area contributed by atoms with E-state index in [1.807, 2.05) is 0 Å². The van der Waals surface area contributed by atoms with Crippen LogP contribution in [0.2, 0.25) is 0 Å². The lowest BCUT2D eigenvalue weighted by Gasteiger charge is -2.08. The largest absolute Gasteiger partial charge is 0.481 e. The molecule has 0 saturated heterocycles. The molecule has 0 bridgehead atoms. The van der Waals surface area contributed by atoms with E-state index in [4.69, 9.17) is 5.11 Å². The van der Waals surface area contributed by atoms with Crippen molar-refractivity contribution < 1.29 is 9.90 Å². The Bertz CT molecular complexity index is 374. The van der Waals surface area contributed by atoms with Crippen molar-refractivity contribution in [3.05, 3.63) is 34.9 Å². The Hall–Kier alpha value is -1.35. The number of hydrogen-bond donors (Lipinski definition) is 2. The number of carbonyl (C=O) groups is 1. The summed E-state index contributed by atoms with van der Waals surface area (Å²) in [5.74, 6) is -0.709. The van der Waals surface area contributed by atoms with Crippen molar-refractivity contribution in [2.75, 3.05) is 6.54 Å². The van der Waals surface area contributed by atoms with Gasteiger partial charge in [-0.2, -0.15) is 0 Å². The fourth-order valence-electron chi connectivity index (χ4n) is 1.74. The Morgan fingerprint density at radius 3 is 2.76 bits per heavy atom. The van der Waals surface area contributed by atoms with Gasteiger partial charge in [0.2, 0.25) is 0 Å². The molecule has 0 aliphatic rings. The lowest BCUT2D eigenvalue weighted by atomic mass is 10.1. The molecule has 1 rings (SSSR count). The fraction of sp³-hybridized carbons (Fsp3) is 0.500. The predicted molar refractivity (Wildman–Crippen MR) is 69.1 cm³/mol. The molecular formula is C14H21NO2. The minimum Gasteiger partial charge on any atom is -0.481 e. The van der Waals surface area contributed by atoms with Crippen LogP contribution in [0.25, 0.3) is 0 Å². The predicted octanol–water partition coefficient (Wildman–Crippen LogP) is 2.65. The summed E-state index contributed by atoms with van der Waals surface area (Å²) in [7, 11) is 0. The third-order valence-corrected chi connectivity index (χ3v) is 2.81. The zero-order chi connectivity index (χ0) is 12.7. The number of rotatable bonds is 7. The van der Waals surface area contributed by atoms with Crippen LogP contribution in [0.4, 0.5) is 0 Å². The average Bonchev–Trinajstić information content (AvgIpc) is 2.27. The number of nitrogens with one attached hydrogen (secondary N) is 1. The van der Waals surface area contributed by atoms with Crippen molar-refractivity contribution >= 4 is 5.97 Å². The molecule has 1 aromatic rings. The minimum atomic E-state index is -0.709. The Morgan fingerprint density at radius 2 is 2.06 bits per heavy atom. The van der Waals surface area contributed by atoms with Crippen molar-refractivity contribution in [3.63, 3.8) is 0 Å². The van der Waals surface area contributed by atoms with Gasteiger partial charge in [-0.1, -0.05) is 23.8 Å². The first-order valence-corrected chi connectivity index (χ1v) is 6.08. The lowest BCUT2D eigenvalue weighted by molar-refractivity contribution is -0.137. The molecule has 3 nitrogen and oxygen atoms in total. The summed E-state index contributed by atoms with van der Waals surface area (Å²) in [5.41, 5.74) is 3.90. The van der Waals surface area contributed by atoms with E-state index in [0.717, 1.165) is 25.9 Å². The second-order valence-corrected chi connectivity index (χ2v) is 4.46. The van der Waals surface area contributed by atoms with Crippen molar-refractivity contribution in [1.29, 1.82) is 0 Å². The first kappa shape index (κ1) is 13.7. The van der Waals surface area contributed by atoms with Crippen LogP contribution >= 0.6 is 0 Å². The van der Waals surface area contributed by atoms with Gasteiger partial charge in [0.1, 0.15) is 0 Å². The van der Waals surface area contributed by atoms with Gasteiger partial charge < -0.3 is 10.4 Å². The lowest BCUT2D eigenvalue weighted by Crippen LogP contribution is -2.15. The number of benzene rings is 1. The number of aliphatic carboxylic acids is 1. The van der Waals surface area contributed by atoms with Crippen LogP contribution in [0.15, 0.2) is 18.2 Å². The molecule has 0 radical (unpaired) electrons. The number of aryl methyl sites for hydroxylation is 2. The number of carboxylic acids is 1. The Balaban J connectivity index is 2.22. The summed E-state index contributed by atoms with van der Waals surface area (Å²) in [6.07, 6.45) is 1.93. The van der Waals surface area contributed by atoms with E-state index < -0.39 is 5.97 Å². The molecule has 0 aliphatic heterocycles. The maximum atomic E-state index is 10.3.